The Balaban J connectivity index is 2.06. The van der Waals surface area contributed by atoms with Crippen molar-refractivity contribution in [1.29, 1.82) is 0 Å². The van der Waals surface area contributed by atoms with Crippen molar-refractivity contribution in [2.45, 2.75) is 20.3 Å². The zero-order valence-electron chi connectivity index (χ0n) is 12.3. The summed E-state index contributed by atoms with van der Waals surface area (Å²) in [6.07, 6.45) is 6.10. The fraction of sp³-hybridized carbons (Fsp3) is 0.312. The van der Waals surface area contributed by atoms with Gasteiger partial charge in [0.1, 0.15) is 12.1 Å². The number of hydrogen-bond acceptors (Lipinski definition) is 3. The molecule has 1 aliphatic rings. The maximum atomic E-state index is 6.22. The summed E-state index contributed by atoms with van der Waals surface area (Å²) in [5.74, 6) is 1.88. The highest BCUT2D eigenvalue weighted by molar-refractivity contribution is 6.35. The van der Waals surface area contributed by atoms with E-state index in [0.717, 1.165) is 12.2 Å². The molecular weight excluding hydrogens is 323 g/mol. The zero-order valence-corrected chi connectivity index (χ0v) is 13.9. The molecule has 2 aromatic rings. The summed E-state index contributed by atoms with van der Waals surface area (Å²) in [7, 11) is 0. The highest BCUT2D eigenvalue weighted by atomic mass is 35.5. The van der Waals surface area contributed by atoms with Crippen LogP contribution in [0.1, 0.15) is 20.3 Å². The average molecular weight is 339 g/mol. The topological polar surface area (TPSA) is 36.3 Å². The first kappa shape index (κ1) is 15.3. The fourth-order valence-electron chi connectivity index (χ4n) is 2.33. The van der Waals surface area contributed by atoms with Crippen LogP contribution in [-0.2, 0) is 4.74 Å². The van der Waals surface area contributed by atoms with E-state index in [1.807, 2.05) is 6.20 Å². The molecule has 1 aromatic carbocycles. The Morgan fingerprint density at radius 3 is 2.77 bits per heavy atom. The second-order valence-corrected chi connectivity index (χ2v) is 6.61. The predicted molar refractivity (Wildman–Crippen MR) is 86.9 cm³/mol. The molecule has 116 valence electrons. The number of allylic oxidation sites excluding steroid dienone is 1. The van der Waals surface area contributed by atoms with Gasteiger partial charge in [-0.1, -0.05) is 37.0 Å². The molecule has 1 aromatic heterocycles. The molecule has 0 radical (unpaired) electrons. The van der Waals surface area contributed by atoms with E-state index < -0.39 is 0 Å². The monoisotopic (exact) mass is 338 g/mol. The summed E-state index contributed by atoms with van der Waals surface area (Å²) in [6.45, 7) is 4.91. The molecule has 0 amide bonds. The molecule has 6 heteroatoms. The Morgan fingerprint density at radius 1 is 1.36 bits per heavy atom. The number of aromatic nitrogens is 2. The second-order valence-electron chi connectivity index (χ2n) is 5.76. The lowest BCUT2D eigenvalue weighted by Crippen LogP contribution is -2.15. The molecule has 0 N–H and O–H groups in total. The van der Waals surface area contributed by atoms with Gasteiger partial charge in [0.05, 0.1) is 11.6 Å². The van der Waals surface area contributed by atoms with Crippen molar-refractivity contribution in [2.24, 2.45) is 5.41 Å². The average Bonchev–Trinajstić information content (AvgIpc) is 3.08. The maximum Gasteiger partial charge on any atom is 0.244 e. The molecular formula is C16H16Cl2N2O2. The summed E-state index contributed by atoms with van der Waals surface area (Å²) in [5, 5.41) is 1.01. The quantitative estimate of drug-likeness (QED) is 0.751. The van der Waals surface area contributed by atoms with Gasteiger partial charge in [0, 0.05) is 22.8 Å². The highest BCUT2D eigenvalue weighted by Gasteiger charge is 2.36. The van der Waals surface area contributed by atoms with E-state index in [4.69, 9.17) is 32.7 Å². The minimum absolute atomic E-state index is 0.113. The largest absolute Gasteiger partial charge is 0.492 e. The summed E-state index contributed by atoms with van der Waals surface area (Å²) < 4.78 is 13.7. The third-order valence-electron chi connectivity index (χ3n) is 3.62. The van der Waals surface area contributed by atoms with Gasteiger partial charge < -0.3 is 9.47 Å². The van der Waals surface area contributed by atoms with Crippen LogP contribution in [0.3, 0.4) is 0 Å². The van der Waals surface area contributed by atoms with Crippen LogP contribution in [0.15, 0.2) is 42.7 Å². The first-order valence-corrected chi connectivity index (χ1v) is 7.72. The molecule has 1 saturated heterocycles. The van der Waals surface area contributed by atoms with Gasteiger partial charge in [-0.25, -0.2) is 4.98 Å². The van der Waals surface area contributed by atoms with Crippen LogP contribution in [0, 0.1) is 5.41 Å². The molecule has 2 heterocycles. The second kappa shape index (κ2) is 5.86. The van der Waals surface area contributed by atoms with Gasteiger partial charge in [-0.3, -0.25) is 4.57 Å². The lowest BCUT2D eigenvalue weighted by atomic mass is 9.89. The van der Waals surface area contributed by atoms with Crippen LogP contribution in [0.25, 0.3) is 5.88 Å². The third-order valence-corrected chi connectivity index (χ3v) is 4.15. The van der Waals surface area contributed by atoms with E-state index in [-0.39, 0.29) is 5.41 Å². The van der Waals surface area contributed by atoms with E-state index in [1.54, 1.807) is 35.3 Å². The Bertz CT molecular complexity index is 709. The molecule has 1 fully saturated rings. The van der Waals surface area contributed by atoms with Crippen LogP contribution in [0.4, 0.5) is 0 Å². The summed E-state index contributed by atoms with van der Waals surface area (Å²) in [6, 6.07) is 5.12. The molecule has 0 unspecified atom stereocenters. The van der Waals surface area contributed by atoms with Crippen LogP contribution in [0.2, 0.25) is 10.0 Å². The lowest BCUT2D eigenvalue weighted by molar-refractivity contribution is 0.237. The van der Waals surface area contributed by atoms with Gasteiger partial charge in [0.15, 0.2) is 5.76 Å². The molecule has 0 atom stereocenters. The third kappa shape index (κ3) is 2.94. The Labute approximate surface area is 139 Å². The van der Waals surface area contributed by atoms with Crippen molar-refractivity contribution >= 4 is 29.1 Å². The van der Waals surface area contributed by atoms with Gasteiger partial charge in [0.2, 0.25) is 5.88 Å². The molecule has 0 bridgehead atoms. The van der Waals surface area contributed by atoms with E-state index in [0.29, 0.717) is 28.3 Å². The van der Waals surface area contributed by atoms with E-state index in [2.05, 4.69) is 18.8 Å². The van der Waals surface area contributed by atoms with Gasteiger partial charge in [-0.15, -0.1) is 0 Å². The molecule has 3 rings (SSSR count). The Hall–Kier alpha value is -1.65. The Morgan fingerprint density at radius 2 is 2.18 bits per heavy atom. The van der Waals surface area contributed by atoms with E-state index in [9.17, 15) is 0 Å². The van der Waals surface area contributed by atoms with Crippen LogP contribution in [-0.4, -0.2) is 16.2 Å². The molecule has 1 aliphatic heterocycles. The van der Waals surface area contributed by atoms with Crippen LogP contribution >= 0.6 is 23.2 Å². The lowest BCUT2D eigenvalue weighted by Gasteiger charge is -2.21. The molecule has 0 spiro atoms. The number of imidazole rings is 1. The van der Waals surface area contributed by atoms with Crippen molar-refractivity contribution < 1.29 is 9.47 Å². The summed E-state index contributed by atoms with van der Waals surface area (Å²) >= 11 is 12.1. The number of benzene rings is 1. The maximum absolute atomic E-state index is 6.22. The smallest absolute Gasteiger partial charge is 0.244 e. The van der Waals surface area contributed by atoms with Crippen molar-refractivity contribution in [3.8, 4) is 5.75 Å². The van der Waals surface area contributed by atoms with Crippen LogP contribution < -0.4 is 4.74 Å². The van der Waals surface area contributed by atoms with Gasteiger partial charge in [-0.2, -0.15) is 0 Å². The standard InChI is InChI=1S/C16H16Cl2N2O2/c1-16(2)5-8-21-14(16)15(20-7-6-19-10-20)22-13-4-3-11(17)9-12(13)18/h3-4,6-7,9-10H,5,8H2,1-2H3. The zero-order chi connectivity index (χ0) is 15.7. The summed E-state index contributed by atoms with van der Waals surface area (Å²) in [5.41, 5.74) is -0.113. The number of hydrogen-bond donors (Lipinski definition) is 0. The van der Waals surface area contributed by atoms with Gasteiger partial charge >= 0.3 is 0 Å². The van der Waals surface area contributed by atoms with Crippen molar-refractivity contribution in [2.75, 3.05) is 6.61 Å². The first-order valence-electron chi connectivity index (χ1n) is 6.96. The number of ether oxygens (including phenoxy) is 2. The summed E-state index contributed by atoms with van der Waals surface area (Å²) in [4.78, 5) is 4.08. The molecule has 0 aliphatic carbocycles. The van der Waals surface area contributed by atoms with E-state index in [1.165, 1.54) is 0 Å². The molecule has 22 heavy (non-hydrogen) atoms. The van der Waals surface area contributed by atoms with Crippen molar-refractivity contribution in [3.63, 3.8) is 0 Å². The minimum Gasteiger partial charge on any atom is -0.492 e. The number of halogens is 2. The van der Waals surface area contributed by atoms with Gasteiger partial charge in [-0.05, 0) is 24.6 Å². The van der Waals surface area contributed by atoms with Gasteiger partial charge in [0.25, 0.3) is 0 Å². The number of rotatable bonds is 3. The van der Waals surface area contributed by atoms with E-state index >= 15 is 0 Å². The molecule has 0 saturated carbocycles. The Kier molecular flexibility index (Phi) is 4.06. The SMILES string of the molecule is CC1(C)CCOC1=C(Oc1ccc(Cl)cc1Cl)n1ccnc1. The number of nitrogens with zero attached hydrogens (tertiary/aromatic N) is 2. The van der Waals surface area contributed by atoms with Crippen molar-refractivity contribution in [3.05, 3.63) is 52.7 Å². The predicted octanol–water partition coefficient (Wildman–Crippen LogP) is 4.84. The minimum atomic E-state index is -0.113. The highest BCUT2D eigenvalue weighted by Crippen LogP contribution is 2.41. The van der Waals surface area contributed by atoms with Crippen LogP contribution in [0.5, 0.6) is 5.75 Å². The first-order chi connectivity index (χ1) is 10.5. The normalized spacial score (nSPS) is 18.9. The van der Waals surface area contributed by atoms with Crippen molar-refractivity contribution in [1.82, 2.24) is 9.55 Å². The molecule has 4 nitrogen and oxygen atoms in total. The fourth-order valence-corrected chi connectivity index (χ4v) is 2.77.